The van der Waals surface area contributed by atoms with Gasteiger partial charge in [-0.3, -0.25) is 0 Å². The molecular formula is C11H15ClO. The summed E-state index contributed by atoms with van der Waals surface area (Å²) in [5.41, 5.74) is 3.18. The van der Waals surface area contributed by atoms with Crippen molar-refractivity contribution in [3.8, 4) is 0 Å². The Balaban J connectivity index is 3.15. The zero-order valence-corrected chi connectivity index (χ0v) is 9.02. The highest BCUT2D eigenvalue weighted by molar-refractivity contribution is 6.31. The molecule has 2 heteroatoms. The molecule has 0 aromatic heterocycles. The number of rotatable bonds is 2. The van der Waals surface area contributed by atoms with Gasteiger partial charge < -0.3 is 5.11 Å². The molecule has 1 aromatic carbocycles. The van der Waals surface area contributed by atoms with Gasteiger partial charge in [0.2, 0.25) is 0 Å². The van der Waals surface area contributed by atoms with Crippen LogP contribution in [0.5, 0.6) is 0 Å². The normalized spacial score (nSPS) is 13.0. The Bertz CT molecular complexity index is 307. The summed E-state index contributed by atoms with van der Waals surface area (Å²) in [7, 11) is 0. The first-order chi connectivity index (χ1) is 6.06. The van der Waals surface area contributed by atoms with Crippen molar-refractivity contribution >= 4 is 11.6 Å². The van der Waals surface area contributed by atoms with Crippen LogP contribution in [0, 0.1) is 13.8 Å². The quantitative estimate of drug-likeness (QED) is 0.773. The van der Waals surface area contributed by atoms with Crippen LogP contribution < -0.4 is 0 Å². The van der Waals surface area contributed by atoms with Gasteiger partial charge in [-0.2, -0.15) is 0 Å². The van der Waals surface area contributed by atoms with Crippen molar-refractivity contribution in [2.75, 3.05) is 0 Å². The van der Waals surface area contributed by atoms with E-state index in [1.54, 1.807) is 0 Å². The Labute approximate surface area is 84.4 Å². The van der Waals surface area contributed by atoms with E-state index in [-0.39, 0.29) is 0 Å². The first kappa shape index (κ1) is 10.6. The number of hydrogen-bond donors (Lipinski definition) is 1. The molecule has 0 unspecified atom stereocenters. The maximum Gasteiger partial charge on any atom is 0.0801 e. The molecule has 0 radical (unpaired) electrons. The second-order valence-corrected chi connectivity index (χ2v) is 3.79. The zero-order valence-electron chi connectivity index (χ0n) is 8.26. The Kier molecular flexibility index (Phi) is 3.34. The number of hydrogen-bond acceptors (Lipinski definition) is 1. The van der Waals surface area contributed by atoms with Crippen molar-refractivity contribution in [1.82, 2.24) is 0 Å². The second kappa shape index (κ2) is 4.12. The second-order valence-electron chi connectivity index (χ2n) is 3.38. The minimum atomic E-state index is -0.438. The summed E-state index contributed by atoms with van der Waals surface area (Å²) < 4.78 is 0. The molecule has 0 saturated heterocycles. The monoisotopic (exact) mass is 198 g/mol. The zero-order chi connectivity index (χ0) is 10.0. The van der Waals surface area contributed by atoms with Gasteiger partial charge in [0.15, 0.2) is 0 Å². The molecule has 0 bridgehead atoms. The minimum absolute atomic E-state index is 0.438. The molecule has 0 fully saturated rings. The predicted octanol–water partition coefficient (Wildman–Crippen LogP) is 3.40. The molecule has 1 nitrogen and oxygen atoms in total. The lowest BCUT2D eigenvalue weighted by atomic mass is 10.0. The van der Waals surface area contributed by atoms with Gasteiger partial charge >= 0.3 is 0 Å². The van der Waals surface area contributed by atoms with Gasteiger partial charge in [-0.25, -0.2) is 0 Å². The Morgan fingerprint density at radius 3 is 2.38 bits per heavy atom. The van der Waals surface area contributed by atoms with Crippen molar-refractivity contribution in [2.45, 2.75) is 33.3 Å². The molecule has 13 heavy (non-hydrogen) atoms. The maximum atomic E-state index is 9.64. The van der Waals surface area contributed by atoms with Gasteiger partial charge in [-0.05, 0) is 43.0 Å². The molecule has 1 rings (SSSR count). The highest BCUT2D eigenvalue weighted by atomic mass is 35.5. The topological polar surface area (TPSA) is 20.2 Å². The minimum Gasteiger partial charge on any atom is -0.388 e. The van der Waals surface area contributed by atoms with E-state index in [1.165, 1.54) is 5.56 Å². The van der Waals surface area contributed by atoms with Crippen LogP contribution in [-0.4, -0.2) is 5.11 Å². The van der Waals surface area contributed by atoms with Gasteiger partial charge in [-0.15, -0.1) is 0 Å². The third-order valence-electron chi connectivity index (χ3n) is 2.36. The van der Waals surface area contributed by atoms with E-state index in [0.29, 0.717) is 11.4 Å². The van der Waals surface area contributed by atoms with Gasteiger partial charge in [0, 0.05) is 5.02 Å². The molecule has 72 valence electrons. The summed E-state index contributed by atoms with van der Waals surface area (Å²) in [5.74, 6) is 0. The van der Waals surface area contributed by atoms with Crippen LogP contribution in [0.2, 0.25) is 5.02 Å². The number of aryl methyl sites for hydroxylation is 2. The van der Waals surface area contributed by atoms with Crippen LogP contribution in [0.25, 0.3) is 0 Å². The van der Waals surface area contributed by atoms with E-state index in [2.05, 4.69) is 0 Å². The number of aliphatic hydroxyl groups excluding tert-OH is 1. The summed E-state index contributed by atoms with van der Waals surface area (Å²) in [6, 6.07) is 3.87. The molecule has 1 N–H and O–H groups in total. The Morgan fingerprint density at radius 1 is 1.31 bits per heavy atom. The van der Waals surface area contributed by atoms with Crippen molar-refractivity contribution in [1.29, 1.82) is 0 Å². The van der Waals surface area contributed by atoms with E-state index in [1.807, 2.05) is 32.9 Å². The fourth-order valence-electron chi connectivity index (χ4n) is 1.28. The number of benzene rings is 1. The van der Waals surface area contributed by atoms with E-state index < -0.39 is 6.10 Å². The van der Waals surface area contributed by atoms with Crippen LogP contribution in [0.3, 0.4) is 0 Å². The van der Waals surface area contributed by atoms with Crippen molar-refractivity contribution < 1.29 is 5.11 Å². The van der Waals surface area contributed by atoms with Crippen LogP contribution in [-0.2, 0) is 0 Å². The van der Waals surface area contributed by atoms with Crippen LogP contribution >= 0.6 is 11.6 Å². The average molecular weight is 199 g/mol. The molecule has 0 heterocycles. The lowest BCUT2D eigenvalue weighted by Crippen LogP contribution is -1.97. The summed E-state index contributed by atoms with van der Waals surface area (Å²) in [4.78, 5) is 0. The molecule has 0 saturated carbocycles. The smallest absolute Gasteiger partial charge is 0.0801 e. The van der Waals surface area contributed by atoms with Gasteiger partial charge in [0.05, 0.1) is 6.10 Å². The summed E-state index contributed by atoms with van der Waals surface area (Å²) in [6.07, 6.45) is 0.258. The molecule has 0 aliphatic rings. The summed E-state index contributed by atoms with van der Waals surface area (Å²) in [5, 5.41) is 10.3. The van der Waals surface area contributed by atoms with Crippen molar-refractivity contribution in [3.63, 3.8) is 0 Å². The standard InChI is InChI=1S/C11H15ClO/c1-4-11(13)9-5-7(2)8(3)6-10(9)12/h5-6,11,13H,4H2,1-3H3/t11-/m1/s1. The fourth-order valence-corrected chi connectivity index (χ4v) is 1.62. The van der Waals surface area contributed by atoms with Gasteiger partial charge in [0.1, 0.15) is 0 Å². The molecule has 1 atom stereocenters. The van der Waals surface area contributed by atoms with E-state index >= 15 is 0 Å². The third kappa shape index (κ3) is 2.23. The van der Waals surface area contributed by atoms with Crippen LogP contribution in [0.1, 0.15) is 36.1 Å². The third-order valence-corrected chi connectivity index (χ3v) is 2.69. The molecule has 0 aliphatic carbocycles. The SMILES string of the molecule is CC[C@@H](O)c1cc(C)c(C)cc1Cl. The number of aliphatic hydroxyl groups is 1. The predicted molar refractivity (Wildman–Crippen MR) is 56.2 cm³/mol. The van der Waals surface area contributed by atoms with Crippen molar-refractivity contribution in [3.05, 3.63) is 33.8 Å². The lowest BCUT2D eigenvalue weighted by molar-refractivity contribution is 0.173. The van der Waals surface area contributed by atoms with Gasteiger partial charge in [-0.1, -0.05) is 24.6 Å². The highest BCUT2D eigenvalue weighted by Gasteiger charge is 2.10. The summed E-state index contributed by atoms with van der Waals surface area (Å²) in [6.45, 7) is 5.98. The van der Waals surface area contributed by atoms with Crippen molar-refractivity contribution in [2.24, 2.45) is 0 Å². The largest absolute Gasteiger partial charge is 0.388 e. The molecule has 0 amide bonds. The lowest BCUT2D eigenvalue weighted by Gasteiger charge is -2.12. The van der Waals surface area contributed by atoms with Gasteiger partial charge in [0.25, 0.3) is 0 Å². The average Bonchev–Trinajstić information content (AvgIpc) is 2.10. The van der Waals surface area contributed by atoms with E-state index in [4.69, 9.17) is 11.6 Å². The summed E-state index contributed by atoms with van der Waals surface area (Å²) >= 11 is 6.02. The van der Waals surface area contributed by atoms with E-state index in [9.17, 15) is 5.11 Å². The van der Waals surface area contributed by atoms with Crippen LogP contribution in [0.15, 0.2) is 12.1 Å². The first-order valence-electron chi connectivity index (χ1n) is 4.51. The first-order valence-corrected chi connectivity index (χ1v) is 4.88. The highest BCUT2D eigenvalue weighted by Crippen LogP contribution is 2.27. The van der Waals surface area contributed by atoms with Crippen LogP contribution in [0.4, 0.5) is 0 Å². The molecular weight excluding hydrogens is 184 g/mol. The molecule has 0 aliphatic heterocycles. The maximum absolute atomic E-state index is 9.64. The van der Waals surface area contributed by atoms with E-state index in [0.717, 1.165) is 11.1 Å². The Morgan fingerprint density at radius 2 is 1.85 bits per heavy atom. The number of halogens is 1. The molecule has 0 spiro atoms. The molecule has 1 aromatic rings. The fraction of sp³-hybridized carbons (Fsp3) is 0.455. The Hall–Kier alpha value is -0.530.